The number of hydrogen-bond donors (Lipinski definition) is 1. The van der Waals surface area contributed by atoms with Crippen LogP contribution in [0.2, 0.25) is 5.02 Å². The van der Waals surface area contributed by atoms with Crippen LogP contribution in [0.25, 0.3) is 11.1 Å². The number of amides is 1. The van der Waals surface area contributed by atoms with Crippen LogP contribution in [0, 0.1) is 6.92 Å². The maximum atomic E-state index is 12.5. The van der Waals surface area contributed by atoms with Crippen LogP contribution in [0.15, 0.2) is 48.5 Å². The zero-order valence-corrected chi connectivity index (χ0v) is 17.1. The van der Waals surface area contributed by atoms with Gasteiger partial charge in [0.15, 0.2) is 0 Å². The zero-order chi connectivity index (χ0) is 19.8. The second-order valence-electron chi connectivity index (χ2n) is 7.53. The lowest BCUT2D eigenvalue weighted by Crippen LogP contribution is -2.15. The van der Waals surface area contributed by atoms with E-state index in [1.165, 1.54) is 16.8 Å². The van der Waals surface area contributed by atoms with Crippen molar-refractivity contribution in [2.24, 2.45) is 5.73 Å². The van der Waals surface area contributed by atoms with E-state index in [-0.39, 0.29) is 11.9 Å². The van der Waals surface area contributed by atoms with Crippen LogP contribution in [0.4, 0.5) is 0 Å². The number of fused-ring (bicyclic) bond motifs is 1. The van der Waals surface area contributed by atoms with Gasteiger partial charge in [-0.15, -0.1) is 0 Å². The molecule has 3 aromatic rings. The van der Waals surface area contributed by atoms with Gasteiger partial charge in [-0.1, -0.05) is 61.3 Å². The third kappa shape index (κ3) is 3.04. The first-order valence-electron chi connectivity index (χ1n) is 9.90. The SMILES string of the molecule is CCCc1c(-c2ccc(Cl)cc2)c(C(N)=O)c(C)n1C1CCc2ccccc21. The highest BCUT2D eigenvalue weighted by atomic mass is 35.5. The lowest BCUT2D eigenvalue weighted by Gasteiger charge is -2.21. The number of halogens is 1. The molecule has 0 fully saturated rings. The number of nitrogens with zero attached hydrogens (tertiary/aromatic N) is 1. The molecule has 1 atom stereocenters. The molecule has 4 heteroatoms. The summed E-state index contributed by atoms with van der Waals surface area (Å²) in [6.07, 6.45) is 4.00. The van der Waals surface area contributed by atoms with E-state index >= 15 is 0 Å². The van der Waals surface area contributed by atoms with Crippen molar-refractivity contribution in [2.45, 2.75) is 45.6 Å². The first-order valence-corrected chi connectivity index (χ1v) is 10.3. The summed E-state index contributed by atoms with van der Waals surface area (Å²) in [6, 6.07) is 16.6. The minimum absolute atomic E-state index is 0.247. The molecule has 0 radical (unpaired) electrons. The molecule has 0 aliphatic heterocycles. The Hall–Kier alpha value is -2.52. The van der Waals surface area contributed by atoms with Gasteiger partial charge in [-0.25, -0.2) is 0 Å². The van der Waals surface area contributed by atoms with E-state index in [4.69, 9.17) is 17.3 Å². The molecule has 1 aliphatic carbocycles. The molecule has 1 heterocycles. The van der Waals surface area contributed by atoms with Gasteiger partial charge in [0.05, 0.1) is 11.6 Å². The standard InChI is InChI=1S/C24H25ClN2O/c1-3-6-21-23(17-9-12-18(25)13-10-17)22(24(26)28)15(2)27(21)20-14-11-16-7-4-5-8-19(16)20/h4-5,7-10,12-13,20H,3,6,11,14H2,1-2H3,(H2,26,28). The van der Waals surface area contributed by atoms with E-state index in [1.807, 2.05) is 31.2 Å². The number of nitrogens with two attached hydrogens (primary N) is 1. The summed E-state index contributed by atoms with van der Waals surface area (Å²) >= 11 is 6.10. The van der Waals surface area contributed by atoms with E-state index in [0.29, 0.717) is 10.6 Å². The zero-order valence-electron chi connectivity index (χ0n) is 16.3. The normalized spacial score (nSPS) is 15.6. The number of primary amides is 1. The Morgan fingerprint density at radius 1 is 1.18 bits per heavy atom. The summed E-state index contributed by atoms with van der Waals surface area (Å²) in [5, 5.41) is 0.683. The molecule has 1 aromatic heterocycles. The summed E-state index contributed by atoms with van der Waals surface area (Å²) in [6.45, 7) is 4.20. The second kappa shape index (κ2) is 7.48. The largest absolute Gasteiger partial charge is 0.366 e. The van der Waals surface area contributed by atoms with Gasteiger partial charge in [0.2, 0.25) is 0 Å². The number of aromatic nitrogens is 1. The molecule has 0 spiro atoms. The summed E-state index contributed by atoms with van der Waals surface area (Å²) < 4.78 is 2.37. The Bertz CT molecular complexity index is 1030. The molecule has 0 saturated heterocycles. The molecule has 3 nitrogen and oxygen atoms in total. The van der Waals surface area contributed by atoms with E-state index in [1.54, 1.807) is 0 Å². The van der Waals surface area contributed by atoms with Gasteiger partial charge in [-0.3, -0.25) is 4.79 Å². The molecule has 28 heavy (non-hydrogen) atoms. The first-order chi connectivity index (χ1) is 13.5. The summed E-state index contributed by atoms with van der Waals surface area (Å²) in [4.78, 5) is 12.5. The van der Waals surface area contributed by atoms with Crippen LogP contribution >= 0.6 is 11.6 Å². The average molecular weight is 393 g/mol. The van der Waals surface area contributed by atoms with Gasteiger partial charge in [-0.05, 0) is 55.0 Å². The van der Waals surface area contributed by atoms with Gasteiger partial charge >= 0.3 is 0 Å². The first kappa shape index (κ1) is 18.8. The lowest BCUT2D eigenvalue weighted by molar-refractivity contribution is 0.1000. The molecule has 0 bridgehead atoms. The highest BCUT2D eigenvalue weighted by Gasteiger charge is 2.31. The number of benzene rings is 2. The number of carbonyl (C=O) groups is 1. The summed E-state index contributed by atoms with van der Waals surface area (Å²) in [5.74, 6) is -0.371. The van der Waals surface area contributed by atoms with Crippen molar-refractivity contribution >= 4 is 17.5 Å². The van der Waals surface area contributed by atoms with Crippen LogP contribution in [-0.2, 0) is 12.8 Å². The van der Waals surface area contributed by atoms with Crippen LogP contribution in [0.3, 0.4) is 0 Å². The van der Waals surface area contributed by atoms with Gasteiger partial charge in [0.25, 0.3) is 5.91 Å². The smallest absolute Gasteiger partial charge is 0.251 e. The number of rotatable bonds is 5. The Morgan fingerprint density at radius 2 is 1.89 bits per heavy atom. The summed E-state index contributed by atoms with van der Waals surface area (Å²) in [5.41, 5.74) is 13.4. The van der Waals surface area contributed by atoms with Crippen LogP contribution in [0.5, 0.6) is 0 Å². The molecule has 1 amide bonds. The fraction of sp³-hybridized carbons (Fsp3) is 0.292. The van der Waals surface area contributed by atoms with Crippen molar-refractivity contribution in [2.75, 3.05) is 0 Å². The topological polar surface area (TPSA) is 48.0 Å². The molecule has 1 aliphatic rings. The Morgan fingerprint density at radius 3 is 2.57 bits per heavy atom. The predicted molar refractivity (Wildman–Crippen MR) is 115 cm³/mol. The number of carbonyl (C=O) groups excluding carboxylic acids is 1. The fourth-order valence-corrected chi connectivity index (χ4v) is 4.83. The molecule has 1 unspecified atom stereocenters. The number of aryl methyl sites for hydroxylation is 1. The molecular formula is C24H25ClN2O. The molecule has 2 aromatic carbocycles. The Labute approximate surface area is 171 Å². The highest BCUT2D eigenvalue weighted by Crippen LogP contribution is 2.42. The van der Waals surface area contributed by atoms with Crippen molar-refractivity contribution in [1.82, 2.24) is 4.57 Å². The maximum Gasteiger partial charge on any atom is 0.251 e. The van der Waals surface area contributed by atoms with Crippen molar-refractivity contribution < 1.29 is 4.79 Å². The monoisotopic (exact) mass is 392 g/mol. The number of hydrogen-bond acceptors (Lipinski definition) is 1. The summed E-state index contributed by atoms with van der Waals surface area (Å²) in [7, 11) is 0. The molecule has 4 rings (SSSR count). The fourth-order valence-electron chi connectivity index (χ4n) is 4.70. The highest BCUT2D eigenvalue weighted by molar-refractivity contribution is 6.30. The third-order valence-electron chi connectivity index (χ3n) is 5.83. The van der Waals surface area contributed by atoms with Gasteiger partial charge in [0, 0.05) is 22.0 Å². The van der Waals surface area contributed by atoms with E-state index in [9.17, 15) is 4.79 Å². The van der Waals surface area contributed by atoms with E-state index in [2.05, 4.69) is 35.8 Å². The van der Waals surface area contributed by atoms with Crippen LogP contribution < -0.4 is 5.73 Å². The second-order valence-corrected chi connectivity index (χ2v) is 7.96. The minimum atomic E-state index is -0.371. The molecule has 0 saturated carbocycles. The minimum Gasteiger partial charge on any atom is -0.366 e. The quantitative estimate of drug-likeness (QED) is 0.594. The van der Waals surface area contributed by atoms with Crippen LogP contribution in [0.1, 0.15) is 58.7 Å². The van der Waals surface area contributed by atoms with Crippen molar-refractivity contribution in [3.8, 4) is 11.1 Å². The van der Waals surface area contributed by atoms with Gasteiger partial charge in [-0.2, -0.15) is 0 Å². The third-order valence-corrected chi connectivity index (χ3v) is 6.08. The Balaban J connectivity index is 1.98. The van der Waals surface area contributed by atoms with Gasteiger partial charge < -0.3 is 10.3 Å². The van der Waals surface area contributed by atoms with E-state index in [0.717, 1.165) is 42.5 Å². The van der Waals surface area contributed by atoms with E-state index < -0.39 is 0 Å². The van der Waals surface area contributed by atoms with Crippen molar-refractivity contribution in [3.05, 3.63) is 81.6 Å². The van der Waals surface area contributed by atoms with Crippen molar-refractivity contribution in [1.29, 1.82) is 0 Å². The van der Waals surface area contributed by atoms with Crippen LogP contribution in [-0.4, -0.2) is 10.5 Å². The molecular weight excluding hydrogens is 368 g/mol. The Kier molecular flexibility index (Phi) is 5.03. The van der Waals surface area contributed by atoms with Gasteiger partial charge in [0.1, 0.15) is 0 Å². The molecule has 144 valence electrons. The lowest BCUT2D eigenvalue weighted by atomic mass is 9.98. The average Bonchev–Trinajstić information content (AvgIpc) is 3.21. The maximum absolute atomic E-state index is 12.5. The van der Waals surface area contributed by atoms with Crippen molar-refractivity contribution in [3.63, 3.8) is 0 Å². The molecule has 2 N–H and O–H groups in total. The predicted octanol–water partition coefficient (Wildman–Crippen LogP) is 5.70.